The fourth-order valence-electron chi connectivity index (χ4n) is 1.80. The minimum atomic E-state index is -0.912. The maximum absolute atomic E-state index is 10.7. The summed E-state index contributed by atoms with van der Waals surface area (Å²) in [5.41, 5.74) is 9.85. The van der Waals surface area contributed by atoms with Crippen LogP contribution >= 0.6 is 0 Å². The van der Waals surface area contributed by atoms with Crippen molar-refractivity contribution < 1.29 is 9.90 Å². The van der Waals surface area contributed by atoms with Crippen molar-refractivity contribution >= 4 is 11.7 Å². The van der Waals surface area contributed by atoms with E-state index < -0.39 is 5.97 Å². The summed E-state index contributed by atoms with van der Waals surface area (Å²) < 4.78 is 0. The third-order valence-electron chi connectivity index (χ3n) is 2.69. The van der Waals surface area contributed by atoms with Gasteiger partial charge in [-0.1, -0.05) is 18.2 Å². The van der Waals surface area contributed by atoms with Gasteiger partial charge >= 0.3 is 5.97 Å². The van der Waals surface area contributed by atoms with Gasteiger partial charge in [-0.05, 0) is 47.9 Å². The van der Waals surface area contributed by atoms with Gasteiger partial charge in [-0.25, -0.2) is 4.79 Å². The third-order valence-corrected chi connectivity index (χ3v) is 2.69. The van der Waals surface area contributed by atoms with E-state index in [2.05, 4.69) is 0 Å². The Morgan fingerprint density at radius 2 is 1.76 bits per heavy atom. The summed E-state index contributed by atoms with van der Waals surface area (Å²) in [5, 5.41) is 8.82. The molecule has 2 aromatic rings. The topological polar surface area (TPSA) is 63.3 Å². The van der Waals surface area contributed by atoms with E-state index in [0.717, 1.165) is 22.4 Å². The van der Waals surface area contributed by atoms with E-state index in [-0.39, 0.29) is 0 Å². The van der Waals surface area contributed by atoms with Gasteiger partial charge in [0.15, 0.2) is 0 Å². The van der Waals surface area contributed by atoms with E-state index in [1.165, 1.54) is 0 Å². The van der Waals surface area contributed by atoms with Crippen LogP contribution in [0.4, 0.5) is 5.69 Å². The van der Waals surface area contributed by atoms with Crippen LogP contribution in [0.2, 0.25) is 0 Å². The lowest BCUT2D eigenvalue weighted by Crippen LogP contribution is -1.95. The van der Waals surface area contributed by atoms with Crippen LogP contribution in [-0.2, 0) is 0 Å². The Kier molecular flexibility index (Phi) is 2.83. The number of benzene rings is 2. The lowest BCUT2D eigenvalue weighted by molar-refractivity contribution is 0.0697. The van der Waals surface area contributed by atoms with E-state index in [1.807, 2.05) is 37.3 Å². The van der Waals surface area contributed by atoms with E-state index in [9.17, 15) is 4.79 Å². The van der Waals surface area contributed by atoms with Crippen molar-refractivity contribution in [2.45, 2.75) is 6.92 Å². The lowest BCUT2D eigenvalue weighted by Gasteiger charge is -2.07. The monoisotopic (exact) mass is 227 g/mol. The van der Waals surface area contributed by atoms with E-state index in [4.69, 9.17) is 10.8 Å². The molecule has 17 heavy (non-hydrogen) atoms. The highest BCUT2D eigenvalue weighted by molar-refractivity contribution is 5.88. The molecular weight excluding hydrogens is 214 g/mol. The minimum absolute atomic E-state index is 0.293. The Morgan fingerprint density at radius 3 is 2.29 bits per heavy atom. The van der Waals surface area contributed by atoms with Crippen molar-refractivity contribution in [3.63, 3.8) is 0 Å². The molecule has 0 saturated heterocycles. The standard InChI is InChI=1S/C14H13NO2/c1-9-8-12(15)6-7-13(9)10-2-4-11(5-3-10)14(16)17/h2-8H,15H2,1H3,(H,16,17). The summed E-state index contributed by atoms with van der Waals surface area (Å²) in [7, 11) is 0. The molecule has 0 aliphatic rings. The van der Waals surface area contributed by atoms with Gasteiger partial charge in [0.05, 0.1) is 5.56 Å². The van der Waals surface area contributed by atoms with Gasteiger partial charge in [0.2, 0.25) is 0 Å². The van der Waals surface area contributed by atoms with Crippen molar-refractivity contribution in [1.29, 1.82) is 0 Å². The van der Waals surface area contributed by atoms with Gasteiger partial charge in [-0.2, -0.15) is 0 Å². The molecule has 0 unspecified atom stereocenters. The van der Waals surface area contributed by atoms with Crippen LogP contribution in [0.1, 0.15) is 15.9 Å². The van der Waals surface area contributed by atoms with Gasteiger partial charge in [0.1, 0.15) is 0 Å². The molecule has 0 atom stereocenters. The number of hydrogen-bond acceptors (Lipinski definition) is 2. The highest BCUT2D eigenvalue weighted by atomic mass is 16.4. The maximum Gasteiger partial charge on any atom is 0.335 e. The lowest BCUT2D eigenvalue weighted by atomic mass is 9.99. The van der Waals surface area contributed by atoms with Gasteiger partial charge in [0.25, 0.3) is 0 Å². The zero-order valence-electron chi connectivity index (χ0n) is 9.47. The molecule has 0 bridgehead atoms. The number of anilines is 1. The Morgan fingerprint density at radius 1 is 1.12 bits per heavy atom. The minimum Gasteiger partial charge on any atom is -0.478 e. The molecule has 0 fully saturated rings. The number of aryl methyl sites for hydroxylation is 1. The summed E-state index contributed by atoms with van der Waals surface area (Å²) in [6, 6.07) is 12.5. The van der Waals surface area contributed by atoms with E-state index in [1.54, 1.807) is 12.1 Å². The number of nitrogen functional groups attached to an aromatic ring is 1. The van der Waals surface area contributed by atoms with Crippen molar-refractivity contribution in [3.05, 3.63) is 53.6 Å². The summed E-state index contributed by atoms with van der Waals surface area (Å²) in [6.07, 6.45) is 0. The molecule has 0 aliphatic heterocycles. The number of aromatic carboxylic acids is 1. The third kappa shape index (κ3) is 2.28. The highest BCUT2D eigenvalue weighted by Gasteiger charge is 2.05. The van der Waals surface area contributed by atoms with Gasteiger partial charge < -0.3 is 10.8 Å². The van der Waals surface area contributed by atoms with Crippen LogP contribution in [0.3, 0.4) is 0 Å². The predicted molar refractivity (Wildman–Crippen MR) is 68.0 cm³/mol. The average Bonchev–Trinajstić information content (AvgIpc) is 2.29. The molecule has 0 aromatic heterocycles. The first kappa shape index (κ1) is 11.2. The van der Waals surface area contributed by atoms with Crippen molar-refractivity contribution in [2.75, 3.05) is 5.73 Å². The fourth-order valence-corrected chi connectivity index (χ4v) is 1.80. The Balaban J connectivity index is 2.43. The first-order valence-electron chi connectivity index (χ1n) is 5.28. The number of rotatable bonds is 2. The SMILES string of the molecule is Cc1cc(N)ccc1-c1ccc(C(=O)O)cc1. The van der Waals surface area contributed by atoms with Crippen LogP contribution in [0.25, 0.3) is 11.1 Å². The van der Waals surface area contributed by atoms with Gasteiger partial charge in [-0.3, -0.25) is 0 Å². The second-order valence-corrected chi connectivity index (χ2v) is 3.96. The number of carboxylic acids is 1. The molecule has 3 N–H and O–H groups in total. The van der Waals surface area contributed by atoms with E-state index in [0.29, 0.717) is 5.56 Å². The van der Waals surface area contributed by atoms with Crippen molar-refractivity contribution in [3.8, 4) is 11.1 Å². The Bertz CT molecular complexity index is 559. The Hall–Kier alpha value is -2.29. The molecule has 0 radical (unpaired) electrons. The van der Waals surface area contributed by atoms with Crippen LogP contribution in [0.5, 0.6) is 0 Å². The molecule has 2 rings (SSSR count). The smallest absolute Gasteiger partial charge is 0.335 e. The molecular formula is C14H13NO2. The largest absolute Gasteiger partial charge is 0.478 e. The molecule has 3 heteroatoms. The van der Waals surface area contributed by atoms with Crippen molar-refractivity contribution in [2.24, 2.45) is 0 Å². The number of nitrogens with two attached hydrogens (primary N) is 1. The molecule has 3 nitrogen and oxygen atoms in total. The second kappa shape index (κ2) is 4.29. The zero-order valence-corrected chi connectivity index (χ0v) is 9.47. The molecule has 0 amide bonds. The first-order valence-corrected chi connectivity index (χ1v) is 5.28. The summed E-state index contributed by atoms with van der Waals surface area (Å²) in [5.74, 6) is -0.912. The number of carbonyl (C=O) groups is 1. The highest BCUT2D eigenvalue weighted by Crippen LogP contribution is 2.25. The molecule has 0 saturated carbocycles. The average molecular weight is 227 g/mol. The van der Waals surface area contributed by atoms with Gasteiger partial charge in [-0.15, -0.1) is 0 Å². The summed E-state index contributed by atoms with van der Waals surface area (Å²) >= 11 is 0. The molecule has 2 aromatic carbocycles. The normalized spacial score (nSPS) is 10.2. The molecule has 0 heterocycles. The van der Waals surface area contributed by atoms with E-state index >= 15 is 0 Å². The predicted octanol–water partition coefficient (Wildman–Crippen LogP) is 2.94. The fraction of sp³-hybridized carbons (Fsp3) is 0.0714. The van der Waals surface area contributed by atoms with Crippen LogP contribution in [0, 0.1) is 6.92 Å². The number of hydrogen-bond donors (Lipinski definition) is 2. The Labute approximate surface area is 99.5 Å². The summed E-state index contributed by atoms with van der Waals surface area (Å²) in [4.78, 5) is 10.7. The molecule has 86 valence electrons. The van der Waals surface area contributed by atoms with Crippen LogP contribution < -0.4 is 5.73 Å². The van der Waals surface area contributed by atoms with Gasteiger partial charge in [0, 0.05) is 5.69 Å². The zero-order chi connectivity index (χ0) is 12.4. The maximum atomic E-state index is 10.7. The second-order valence-electron chi connectivity index (χ2n) is 3.96. The molecule has 0 spiro atoms. The quantitative estimate of drug-likeness (QED) is 0.775. The number of carboxylic acid groups (broad SMARTS) is 1. The summed E-state index contributed by atoms with van der Waals surface area (Å²) in [6.45, 7) is 1.98. The van der Waals surface area contributed by atoms with Crippen LogP contribution in [0.15, 0.2) is 42.5 Å². The van der Waals surface area contributed by atoms with Crippen molar-refractivity contribution in [1.82, 2.24) is 0 Å². The first-order chi connectivity index (χ1) is 8.08. The molecule has 0 aliphatic carbocycles. The van der Waals surface area contributed by atoms with Crippen LogP contribution in [-0.4, -0.2) is 11.1 Å².